The molecule has 0 radical (unpaired) electrons. The summed E-state index contributed by atoms with van der Waals surface area (Å²) in [5.41, 5.74) is 13.4. The van der Waals surface area contributed by atoms with Crippen molar-refractivity contribution in [3.05, 3.63) is 48.3 Å². The van der Waals surface area contributed by atoms with Crippen molar-refractivity contribution >= 4 is 45.5 Å². The predicted molar refractivity (Wildman–Crippen MR) is 163 cm³/mol. The van der Waals surface area contributed by atoms with E-state index in [1.807, 2.05) is 40.2 Å². The molecule has 3 heterocycles. The van der Waals surface area contributed by atoms with Gasteiger partial charge < -0.3 is 35.5 Å². The normalized spacial score (nSPS) is 12.6. The number of aromatic nitrogens is 3. The number of nitrogens with zero attached hydrogens (tertiary/aromatic N) is 5. The quantitative estimate of drug-likeness (QED) is 0.247. The van der Waals surface area contributed by atoms with Crippen LogP contribution in [0.5, 0.6) is 5.75 Å². The molecule has 0 saturated carbocycles. The number of carbonyl (C=O) groups excluding carboxylic acids is 1. The van der Waals surface area contributed by atoms with Crippen LogP contribution in [0.1, 0.15) is 25.3 Å². The molecule has 0 saturated heterocycles. The molecule has 0 spiro atoms. The number of nitrogen functional groups attached to an aromatic ring is 1. The van der Waals surface area contributed by atoms with E-state index in [1.165, 1.54) is 11.1 Å². The monoisotopic (exact) mass is 542 g/mol. The molecule has 4 aromatic rings. The fraction of sp³-hybridized carbons (Fsp3) is 0.367. The highest BCUT2D eigenvalue weighted by Crippen LogP contribution is 2.39. The molecular weight excluding hydrogens is 504 g/mol. The Morgan fingerprint density at radius 3 is 2.75 bits per heavy atom. The highest BCUT2D eigenvalue weighted by Gasteiger charge is 2.21. The van der Waals surface area contributed by atoms with Gasteiger partial charge in [0.25, 0.3) is 0 Å². The van der Waals surface area contributed by atoms with Gasteiger partial charge in [-0.15, -0.1) is 0 Å². The molecule has 0 aliphatic carbocycles. The second-order valence-corrected chi connectivity index (χ2v) is 10.5. The number of nitrogens with two attached hydrogens (primary N) is 1. The van der Waals surface area contributed by atoms with Crippen molar-refractivity contribution in [1.29, 1.82) is 0 Å². The van der Waals surface area contributed by atoms with E-state index in [4.69, 9.17) is 15.5 Å². The summed E-state index contributed by atoms with van der Waals surface area (Å²) in [4.78, 5) is 26.1. The summed E-state index contributed by atoms with van der Waals surface area (Å²) in [6.45, 7) is 4.49. The van der Waals surface area contributed by atoms with Gasteiger partial charge >= 0.3 is 0 Å². The van der Waals surface area contributed by atoms with Crippen molar-refractivity contribution < 1.29 is 9.53 Å². The summed E-state index contributed by atoms with van der Waals surface area (Å²) in [6.07, 6.45) is 6.30. The van der Waals surface area contributed by atoms with Crippen molar-refractivity contribution in [3.8, 4) is 17.0 Å². The van der Waals surface area contributed by atoms with E-state index in [0.29, 0.717) is 40.9 Å². The van der Waals surface area contributed by atoms with Gasteiger partial charge in [0.05, 0.1) is 41.6 Å². The van der Waals surface area contributed by atoms with Gasteiger partial charge in [-0.1, -0.05) is 25.1 Å². The molecule has 210 valence electrons. The zero-order valence-electron chi connectivity index (χ0n) is 23.9. The van der Waals surface area contributed by atoms with Gasteiger partial charge in [-0.2, -0.15) is 0 Å². The molecule has 2 aromatic carbocycles. The van der Waals surface area contributed by atoms with Gasteiger partial charge in [0.1, 0.15) is 11.4 Å². The minimum Gasteiger partial charge on any atom is -0.494 e. The summed E-state index contributed by atoms with van der Waals surface area (Å²) in [5, 5.41) is 7.41. The molecule has 0 bridgehead atoms. The van der Waals surface area contributed by atoms with Crippen LogP contribution in [-0.2, 0) is 17.8 Å². The Bertz CT molecular complexity index is 1540. The molecule has 2 aromatic heterocycles. The topological polar surface area (TPSA) is 114 Å². The average molecular weight is 543 g/mol. The first kappa shape index (κ1) is 27.3. The molecule has 40 heavy (non-hydrogen) atoms. The lowest BCUT2D eigenvalue weighted by Gasteiger charge is -2.24. The van der Waals surface area contributed by atoms with Gasteiger partial charge in [-0.25, -0.2) is 9.97 Å². The number of methoxy groups -OCH3 is 1. The van der Waals surface area contributed by atoms with E-state index in [0.717, 1.165) is 49.1 Å². The van der Waals surface area contributed by atoms with Crippen molar-refractivity contribution in [2.24, 2.45) is 0 Å². The van der Waals surface area contributed by atoms with Crippen LogP contribution >= 0.6 is 0 Å². The van der Waals surface area contributed by atoms with E-state index < -0.39 is 0 Å². The highest BCUT2D eigenvalue weighted by atomic mass is 16.5. The molecular formula is C30H38N8O2. The molecule has 1 amide bonds. The number of likely N-dealkylation sites (N-methyl/N-ethyl adjacent to an activating group) is 2. The Hall–Kier alpha value is -4.31. The van der Waals surface area contributed by atoms with Crippen molar-refractivity contribution in [2.75, 3.05) is 62.6 Å². The van der Waals surface area contributed by atoms with Crippen LogP contribution in [0.4, 0.5) is 28.7 Å². The highest BCUT2D eigenvalue weighted by molar-refractivity contribution is 6.02. The molecule has 10 heteroatoms. The lowest BCUT2D eigenvalue weighted by atomic mass is 10.0. The van der Waals surface area contributed by atoms with E-state index >= 15 is 0 Å². The number of ether oxygens (including phenoxy) is 1. The molecule has 1 aliphatic heterocycles. The van der Waals surface area contributed by atoms with Gasteiger partial charge in [0, 0.05) is 56.3 Å². The number of para-hydroxylation sites is 1. The van der Waals surface area contributed by atoms with Gasteiger partial charge in [0.2, 0.25) is 11.9 Å². The third kappa shape index (κ3) is 5.40. The first-order valence-corrected chi connectivity index (χ1v) is 13.7. The maximum absolute atomic E-state index is 12.4. The zero-order valence-corrected chi connectivity index (χ0v) is 23.9. The Labute approximate surface area is 235 Å². The van der Waals surface area contributed by atoms with Crippen LogP contribution in [-0.4, -0.2) is 66.7 Å². The van der Waals surface area contributed by atoms with Crippen LogP contribution in [0, 0.1) is 0 Å². The fourth-order valence-electron chi connectivity index (χ4n) is 5.20. The number of rotatable bonds is 10. The Balaban J connectivity index is 1.54. The summed E-state index contributed by atoms with van der Waals surface area (Å²) in [7, 11) is 7.73. The number of carbonyl (C=O) groups is 1. The third-order valence-corrected chi connectivity index (χ3v) is 7.36. The summed E-state index contributed by atoms with van der Waals surface area (Å²) in [6, 6.07) is 10.2. The third-order valence-electron chi connectivity index (χ3n) is 7.36. The number of benzene rings is 2. The average Bonchev–Trinajstić information content (AvgIpc) is 3.33. The second-order valence-electron chi connectivity index (χ2n) is 10.5. The minimum absolute atomic E-state index is 0.0947. The standard InChI is InChI=1S/C30H38N8O2/c1-6-27(39)33-24-17-32-30(34-23-15-22(31)25(16-26(23)40-5)37(4)14-13-36(2)3)35-28(24)21-18-38-12-8-10-19-9-7-11-20(21)29(19)38/h7,9,11,15-18H,6,8,10,12-14,31H2,1-5H3,(H,33,39)(H,32,34,35). The lowest BCUT2D eigenvalue weighted by Crippen LogP contribution is -2.29. The summed E-state index contributed by atoms with van der Waals surface area (Å²) in [5.74, 6) is 0.909. The zero-order chi connectivity index (χ0) is 28.4. The maximum atomic E-state index is 12.4. The maximum Gasteiger partial charge on any atom is 0.227 e. The summed E-state index contributed by atoms with van der Waals surface area (Å²) < 4.78 is 8.01. The molecule has 4 N–H and O–H groups in total. The van der Waals surface area contributed by atoms with Crippen LogP contribution < -0.4 is 26.0 Å². The van der Waals surface area contributed by atoms with Crippen molar-refractivity contribution in [1.82, 2.24) is 19.4 Å². The summed E-state index contributed by atoms with van der Waals surface area (Å²) >= 11 is 0. The van der Waals surface area contributed by atoms with Crippen molar-refractivity contribution in [2.45, 2.75) is 32.7 Å². The first-order chi connectivity index (χ1) is 19.3. The van der Waals surface area contributed by atoms with E-state index in [1.54, 1.807) is 13.3 Å². The Kier molecular flexibility index (Phi) is 7.79. The Morgan fingerprint density at radius 2 is 2.00 bits per heavy atom. The number of aryl methyl sites for hydroxylation is 2. The van der Waals surface area contributed by atoms with Gasteiger partial charge in [-0.05, 0) is 38.6 Å². The largest absolute Gasteiger partial charge is 0.494 e. The smallest absolute Gasteiger partial charge is 0.227 e. The Morgan fingerprint density at radius 1 is 1.18 bits per heavy atom. The van der Waals surface area contributed by atoms with E-state index in [-0.39, 0.29) is 5.91 Å². The number of hydrogen-bond donors (Lipinski definition) is 3. The molecule has 5 rings (SSSR count). The SMILES string of the molecule is CCC(=O)Nc1cnc(Nc2cc(N)c(N(C)CCN(C)C)cc2OC)nc1-c1cn2c3c(cccc13)CCC2. The van der Waals surface area contributed by atoms with Crippen LogP contribution in [0.2, 0.25) is 0 Å². The number of anilines is 5. The molecule has 0 fully saturated rings. The van der Waals surface area contributed by atoms with Crippen LogP contribution in [0.15, 0.2) is 42.7 Å². The lowest BCUT2D eigenvalue weighted by molar-refractivity contribution is -0.115. The van der Waals surface area contributed by atoms with Gasteiger partial charge in [0.15, 0.2) is 0 Å². The van der Waals surface area contributed by atoms with E-state index in [9.17, 15) is 4.79 Å². The van der Waals surface area contributed by atoms with E-state index in [2.05, 4.69) is 54.4 Å². The van der Waals surface area contributed by atoms with Crippen LogP contribution in [0.3, 0.4) is 0 Å². The van der Waals surface area contributed by atoms with Crippen LogP contribution in [0.25, 0.3) is 22.2 Å². The molecule has 0 atom stereocenters. The predicted octanol–water partition coefficient (Wildman–Crippen LogP) is 4.73. The fourth-order valence-corrected chi connectivity index (χ4v) is 5.20. The molecule has 1 aliphatic rings. The van der Waals surface area contributed by atoms with Crippen molar-refractivity contribution in [3.63, 3.8) is 0 Å². The molecule has 0 unspecified atom stereocenters. The first-order valence-electron chi connectivity index (χ1n) is 13.7. The second kappa shape index (κ2) is 11.4. The van der Waals surface area contributed by atoms with Gasteiger partial charge in [-0.3, -0.25) is 4.79 Å². The molecule has 10 nitrogen and oxygen atoms in total. The minimum atomic E-state index is -0.0947. The number of amides is 1. The number of hydrogen-bond acceptors (Lipinski definition) is 8. The number of nitrogens with one attached hydrogen (secondary N) is 2.